The van der Waals surface area contributed by atoms with E-state index in [9.17, 15) is 9.59 Å². The van der Waals surface area contributed by atoms with Crippen LogP contribution in [0.3, 0.4) is 0 Å². The monoisotopic (exact) mass is 363 g/mol. The van der Waals surface area contributed by atoms with Crippen molar-refractivity contribution in [2.24, 2.45) is 0 Å². The number of benzene rings is 1. The number of aliphatic carboxylic acids is 1. The highest BCUT2D eigenvalue weighted by Gasteiger charge is 2.29. The van der Waals surface area contributed by atoms with Crippen LogP contribution in [0.1, 0.15) is 51.0 Å². The van der Waals surface area contributed by atoms with Gasteiger partial charge in [-0.2, -0.15) is 0 Å². The number of carbonyl (C=O) groups excluding carboxylic acids is 1. The number of hydrogen-bond acceptors (Lipinski definition) is 4. The van der Waals surface area contributed by atoms with E-state index in [0.29, 0.717) is 12.5 Å². The lowest BCUT2D eigenvalue weighted by molar-refractivity contribution is -0.139. The van der Waals surface area contributed by atoms with E-state index < -0.39 is 11.5 Å². The van der Waals surface area contributed by atoms with Crippen LogP contribution < -0.4 is 10.1 Å². The molecule has 26 heavy (non-hydrogen) atoms. The Kier molecular flexibility index (Phi) is 7.45. The van der Waals surface area contributed by atoms with Crippen LogP contribution in [-0.2, 0) is 20.7 Å². The molecule has 144 valence electrons. The summed E-state index contributed by atoms with van der Waals surface area (Å²) in [6.45, 7) is 1.83. The number of carboxylic acid groups (broad SMARTS) is 1. The Hall–Kier alpha value is -2.08. The number of aryl methyl sites for hydroxylation is 1. The van der Waals surface area contributed by atoms with E-state index in [0.717, 1.165) is 24.2 Å². The average molecular weight is 363 g/mol. The Balaban J connectivity index is 1.86. The number of methoxy groups -OCH3 is 1. The fraction of sp³-hybridized carbons (Fsp3) is 0.600. The molecule has 1 atom stereocenters. The zero-order valence-electron chi connectivity index (χ0n) is 15.6. The van der Waals surface area contributed by atoms with Crippen LogP contribution in [0.15, 0.2) is 24.3 Å². The molecule has 0 spiro atoms. The van der Waals surface area contributed by atoms with Crippen molar-refractivity contribution >= 4 is 11.9 Å². The van der Waals surface area contributed by atoms with Crippen molar-refractivity contribution in [1.82, 2.24) is 5.32 Å². The molecule has 0 radical (unpaired) electrons. The number of ether oxygens (including phenoxy) is 2. The van der Waals surface area contributed by atoms with Gasteiger partial charge in [0.25, 0.3) is 0 Å². The van der Waals surface area contributed by atoms with Crippen molar-refractivity contribution in [3.63, 3.8) is 0 Å². The second-order valence-electron chi connectivity index (χ2n) is 7.28. The Labute approximate surface area is 154 Å². The van der Waals surface area contributed by atoms with Crippen LogP contribution in [0.5, 0.6) is 5.75 Å². The molecule has 1 unspecified atom stereocenters. The summed E-state index contributed by atoms with van der Waals surface area (Å²) in [5.41, 5.74) is 0.118. The van der Waals surface area contributed by atoms with E-state index in [1.807, 2.05) is 24.3 Å². The van der Waals surface area contributed by atoms with Gasteiger partial charge < -0.3 is 19.9 Å². The summed E-state index contributed by atoms with van der Waals surface area (Å²) < 4.78 is 11.1. The first-order valence-electron chi connectivity index (χ1n) is 9.17. The van der Waals surface area contributed by atoms with Crippen molar-refractivity contribution in [1.29, 1.82) is 0 Å². The maximum absolute atomic E-state index is 12.3. The van der Waals surface area contributed by atoms with E-state index in [4.69, 9.17) is 14.6 Å². The van der Waals surface area contributed by atoms with Crippen LogP contribution >= 0.6 is 0 Å². The molecular weight excluding hydrogens is 334 g/mol. The molecule has 1 saturated carbocycles. The van der Waals surface area contributed by atoms with Gasteiger partial charge in [-0.05, 0) is 56.7 Å². The van der Waals surface area contributed by atoms with Gasteiger partial charge in [0.1, 0.15) is 5.75 Å². The molecule has 2 N–H and O–H groups in total. The van der Waals surface area contributed by atoms with Gasteiger partial charge in [0.05, 0.1) is 24.7 Å². The van der Waals surface area contributed by atoms with Crippen LogP contribution in [0.4, 0.5) is 0 Å². The third-order valence-electron chi connectivity index (χ3n) is 4.59. The third-order valence-corrected chi connectivity index (χ3v) is 4.59. The Bertz CT molecular complexity index is 612. The van der Waals surface area contributed by atoms with E-state index in [1.54, 1.807) is 6.92 Å². The van der Waals surface area contributed by atoms with Crippen LogP contribution in [0, 0.1) is 0 Å². The molecule has 1 aliphatic carbocycles. The molecule has 0 bridgehead atoms. The lowest BCUT2D eigenvalue weighted by Crippen LogP contribution is -2.50. The Morgan fingerprint density at radius 1 is 1.31 bits per heavy atom. The first kappa shape index (κ1) is 20.2. The fourth-order valence-corrected chi connectivity index (χ4v) is 3.41. The van der Waals surface area contributed by atoms with E-state index >= 15 is 0 Å². The lowest BCUT2D eigenvalue weighted by atomic mass is 9.98. The number of rotatable bonds is 10. The summed E-state index contributed by atoms with van der Waals surface area (Å²) in [5.74, 6) is -0.306. The smallest absolute Gasteiger partial charge is 0.305 e. The summed E-state index contributed by atoms with van der Waals surface area (Å²) in [6, 6.07) is 7.85. The quantitative estimate of drug-likeness (QED) is 0.668. The zero-order valence-corrected chi connectivity index (χ0v) is 15.6. The van der Waals surface area contributed by atoms with Gasteiger partial charge in [-0.1, -0.05) is 12.1 Å². The molecule has 0 aromatic heterocycles. The largest absolute Gasteiger partial charge is 0.490 e. The maximum Gasteiger partial charge on any atom is 0.305 e. The van der Waals surface area contributed by atoms with Gasteiger partial charge >= 0.3 is 5.97 Å². The summed E-state index contributed by atoms with van der Waals surface area (Å²) in [4.78, 5) is 23.3. The van der Waals surface area contributed by atoms with Crippen molar-refractivity contribution in [3.05, 3.63) is 29.8 Å². The van der Waals surface area contributed by atoms with Gasteiger partial charge in [0, 0.05) is 13.5 Å². The van der Waals surface area contributed by atoms with Crippen molar-refractivity contribution in [2.75, 3.05) is 13.7 Å². The van der Waals surface area contributed by atoms with E-state index in [1.165, 1.54) is 20.0 Å². The molecule has 1 amide bonds. The predicted molar refractivity (Wildman–Crippen MR) is 98.3 cm³/mol. The molecule has 1 aliphatic rings. The molecule has 0 heterocycles. The number of amides is 1. The molecule has 1 fully saturated rings. The van der Waals surface area contributed by atoms with E-state index in [2.05, 4.69) is 5.32 Å². The number of nitrogens with one attached hydrogen (secondary N) is 1. The lowest BCUT2D eigenvalue weighted by Gasteiger charge is -2.28. The highest BCUT2D eigenvalue weighted by Crippen LogP contribution is 2.25. The average Bonchev–Trinajstić information content (AvgIpc) is 3.05. The highest BCUT2D eigenvalue weighted by molar-refractivity contribution is 5.78. The normalized spacial score (nSPS) is 16.8. The standard InChI is InChI=1S/C20H29NO5/c1-20(14-25-2,13-19(23)24)21-18(22)11-10-15-6-5-9-17(12-15)26-16-7-3-4-8-16/h5-6,9,12,16H,3-4,7-8,10-11,13-14H2,1-2H3,(H,21,22)(H,23,24). The number of hydrogen-bond donors (Lipinski definition) is 2. The van der Waals surface area contributed by atoms with Crippen LogP contribution in [-0.4, -0.2) is 42.3 Å². The molecule has 2 rings (SSSR count). The number of carbonyl (C=O) groups is 2. The predicted octanol–water partition coefficient (Wildman–Crippen LogP) is 2.94. The first-order valence-corrected chi connectivity index (χ1v) is 9.17. The van der Waals surface area contributed by atoms with Crippen molar-refractivity contribution in [2.45, 2.75) is 63.5 Å². The summed E-state index contributed by atoms with van der Waals surface area (Å²) in [6.07, 6.45) is 5.64. The van der Waals surface area contributed by atoms with Crippen LogP contribution in [0.2, 0.25) is 0 Å². The number of carboxylic acids is 1. The SMILES string of the molecule is COCC(C)(CC(=O)O)NC(=O)CCc1cccc(OC2CCCC2)c1. The topological polar surface area (TPSA) is 84.9 Å². The molecule has 1 aromatic rings. The van der Waals surface area contributed by atoms with Gasteiger partial charge in [-0.3, -0.25) is 9.59 Å². The molecule has 0 aliphatic heterocycles. The maximum atomic E-state index is 12.3. The van der Waals surface area contributed by atoms with Gasteiger partial charge in [0.2, 0.25) is 5.91 Å². The summed E-state index contributed by atoms with van der Waals surface area (Å²) in [5, 5.41) is 11.8. The third kappa shape index (κ3) is 6.67. The molecular formula is C20H29NO5. The fourth-order valence-electron chi connectivity index (χ4n) is 3.41. The minimum atomic E-state index is -0.971. The highest BCUT2D eigenvalue weighted by atomic mass is 16.5. The molecule has 6 nitrogen and oxygen atoms in total. The van der Waals surface area contributed by atoms with Gasteiger partial charge in [-0.25, -0.2) is 0 Å². The summed E-state index contributed by atoms with van der Waals surface area (Å²) >= 11 is 0. The van der Waals surface area contributed by atoms with Crippen LogP contribution in [0.25, 0.3) is 0 Å². The minimum absolute atomic E-state index is 0.149. The second kappa shape index (κ2) is 9.57. The minimum Gasteiger partial charge on any atom is -0.490 e. The molecule has 0 saturated heterocycles. The molecule has 1 aromatic carbocycles. The molecule has 6 heteroatoms. The van der Waals surface area contributed by atoms with Crippen molar-refractivity contribution < 1.29 is 24.2 Å². The van der Waals surface area contributed by atoms with E-state index in [-0.39, 0.29) is 25.4 Å². The Morgan fingerprint density at radius 3 is 2.69 bits per heavy atom. The van der Waals surface area contributed by atoms with Gasteiger partial charge in [-0.15, -0.1) is 0 Å². The summed E-state index contributed by atoms with van der Waals surface area (Å²) in [7, 11) is 1.49. The van der Waals surface area contributed by atoms with Crippen molar-refractivity contribution in [3.8, 4) is 5.75 Å². The van der Waals surface area contributed by atoms with Gasteiger partial charge in [0.15, 0.2) is 0 Å². The zero-order chi connectivity index (χ0) is 19.0. The first-order chi connectivity index (χ1) is 12.4. The second-order valence-corrected chi connectivity index (χ2v) is 7.28. The Morgan fingerprint density at radius 2 is 2.04 bits per heavy atom.